The van der Waals surface area contributed by atoms with Crippen LogP contribution in [0.3, 0.4) is 0 Å². The van der Waals surface area contributed by atoms with Crippen LogP contribution in [0.15, 0.2) is 42.5 Å². The molecule has 1 amide bonds. The Balaban J connectivity index is 1.87. The highest BCUT2D eigenvalue weighted by Crippen LogP contribution is 2.30. The van der Waals surface area contributed by atoms with Gasteiger partial charge in [0, 0.05) is 18.4 Å². The van der Waals surface area contributed by atoms with E-state index >= 15 is 0 Å². The van der Waals surface area contributed by atoms with Crippen molar-refractivity contribution in [2.45, 2.75) is 32.9 Å². The van der Waals surface area contributed by atoms with E-state index in [9.17, 15) is 4.79 Å². The Morgan fingerprint density at radius 3 is 2.50 bits per heavy atom. The molecule has 0 fully saturated rings. The fourth-order valence-corrected chi connectivity index (χ4v) is 2.85. The van der Waals surface area contributed by atoms with Gasteiger partial charge in [-0.25, -0.2) is 0 Å². The van der Waals surface area contributed by atoms with Crippen molar-refractivity contribution in [2.24, 2.45) is 0 Å². The number of amides is 1. The van der Waals surface area contributed by atoms with Crippen molar-refractivity contribution in [3.63, 3.8) is 0 Å². The lowest BCUT2D eigenvalue weighted by Gasteiger charge is -2.16. The number of methoxy groups -OCH3 is 1. The number of hydrogen-bond donors (Lipinski definition) is 0. The number of carbonyl (C=O) groups is 1. The standard InChI is InChI=1S/C19H21NO2/c1-13(2)15-6-8-17(9-7-15)20-11-16-5-4-14(12-22-3)10-18(16)19(20)21/h4-10,13H,11-12H2,1-3H3. The normalized spacial score (nSPS) is 13.8. The van der Waals surface area contributed by atoms with E-state index in [4.69, 9.17) is 4.74 Å². The lowest BCUT2D eigenvalue weighted by Crippen LogP contribution is -2.22. The van der Waals surface area contributed by atoms with Gasteiger partial charge >= 0.3 is 0 Å². The molecule has 3 heteroatoms. The van der Waals surface area contributed by atoms with Crippen LogP contribution in [0, 0.1) is 0 Å². The molecule has 0 radical (unpaired) electrons. The van der Waals surface area contributed by atoms with Crippen LogP contribution in [0.2, 0.25) is 0 Å². The highest BCUT2D eigenvalue weighted by atomic mass is 16.5. The van der Waals surface area contributed by atoms with E-state index in [1.165, 1.54) is 5.56 Å². The zero-order valence-electron chi connectivity index (χ0n) is 13.3. The molecular formula is C19H21NO2. The van der Waals surface area contributed by atoms with E-state index in [0.29, 0.717) is 19.1 Å². The maximum absolute atomic E-state index is 12.7. The van der Waals surface area contributed by atoms with Gasteiger partial charge in [-0.1, -0.05) is 38.1 Å². The number of ether oxygens (including phenoxy) is 1. The Hall–Kier alpha value is -2.13. The summed E-state index contributed by atoms with van der Waals surface area (Å²) in [5.41, 5.74) is 5.15. The summed E-state index contributed by atoms with van der Waals surface area (Å²) in [6.07, 6.45) is 0. The molecule has 0 spiro atoms. The number of anilines is 1. The molecule has 1 heterocycles. The Labute approximate surface area is 131 Å². The van der Waals surface area contributed by atoms with Crippen LogP contribution in [-0.2, 0) is 17.9 Å². The minimum Gasteiger partial charge on any atom is -0.380 e. The first kappa shape index (κ1) is 14.8. The fourth-order valence-electron chi connectivity index (χ4n) is 2.85. The summed E-state index contributed by atoms with van der Waals surface area (Å²) in [5.74, 6) is 0.572. The molecule has 3 rings (SSSR count). The van der Waals surface area contributed by atoms with E-state index in [0.717, 1.165) is 22.4 Å². The Bertz CT molecular complexity index is 689. The lowest BCUT2D eigenvalue weighted by atomic mass is 10.0. The first-order chi connectivity index (χ1) is 10.6. The molecule has 114 valence electrons. The largest absolute Gasteiger partial charge is 0.380 e. The SMILES string of the molecule is COCc1ccc2c(c1)C(=O)N(c1ccc(C(C)C)cc1)C2. The van der Waals surface area contributed by atoms with Gasteiger partial charge in [0.25, 0.3) is 5.91 Å². The van der Waals surface area contributed by atoms with Gasteiger partial charge in [-0.3, -0.25) is 4.79 Å². The monoisotopic (exact) mass is 295 g/mol. The van der Waals surface area contributed by atoms with Crippen LogP contribution in [-0.4, -0.2) is 13.0 Å². The highest BCUT2D eigenvalue weighted by molar-refractivity contribution is 6.10. The highest BCUT2D eigenvalue weighted by Gasteiger charge is 2.28. The van der Waals surface area contributed by atoms with E-state index in [2.05, 4.69) is 26.0 Å². The molecule has 0 atom stereocenters. The smallest absolute Gasteiger partial charge is 0.258 e. The van der Waals surface area contributed by atoms with Gasteiger partial charge in [0.2, 0.25) is 0 Å². The number of benzene rings is 2. The molecular weight excluding hydrogens is 274 g/mol. The van der Waals surface area contributed by atoms with Crippen molar-refractivity contribution >= 4 is 11.6 Å². The molecule has 0 saturated heterocycles. The van der Waals surface area contributed by atoms with E-state index in [-0.39, 0.29) is 5.91 Å². The average Bonchev–Trinajstić information content (AvgIpc) is 2.85. The van der Waals surface area contributed by atoms with Crippen molar-refractivity contribution in [2.75, 3.05) is 12.0 Å². The van der Waals surface area contributed by atoms with Crippen LogP contribution < -0.4 is 4.90 Å². The number of hydrogen-bond acceptors (Lipinski definition) is 2. The molecule has 3 nitrogen and oxygen atoms in total. The van der Waals surface area contributed by atoms with Crippen LogP contribution in [0.4, 0.5) is 5.69 Å². The molecule has 1 aliphatic rings. The summed E-state index contributed by atoms with van der Waals surface area (Å²) in [6.45, 7) is 5.51. The summed E-state index contributed by atoms with van der Waals surface area (Å²) in [6, 6.07) is 14.3. The summed E-state index contributed by atoms with van der Waals surface area (Å²) in [5, 5.41) is 0. The third-order valence-electron chi connectivity index (χ3n) is 4.16. The molecule has 2 aromatic rings. The number of fused-ring (bicyclic) bond motifs is 1. The average molecular weight is 295 g/mol. The number of nitrogens with zero attached hydrogens (tertiary/aromatic N) is 1. The van der Waals surface area contributed by atoms with Crippen molar-refractivity contribution in [1.82, 2.24) is 0 Å². The second-order valence-electron chi connectivity index (χ2n) is 6.06. The third-order valence-corrected chi connectivity index (χ3v) is 4.16. The number of rotatable bonds is 4. The van der Waals surface area contributed by atoms with Gasteiger partial charge in [-0.15, -0.1) is 0 Å². The van der Waals surface area contributed by atoms with Crippen molar-refractivity contribution in [3.8, 4) is 0 Å². The summed E-state index contributed by atoms with van der Waals surface area (Å²) < 4.78 is 5.15. The zero-order chi connectivity index (χ0) is 15.7. The lowest BCUT2D eigenvalue weighted by molar-refractivity contribution is 0.0996. The maximum atomic E-state index is 12.7. The molecule has 2 aromatic carbocycles. The van der Waals surface area contributed by atoms with Crippen molar-refractivity contribution < 1.29 is 9.53 Å². The van der Waals surface area contributed by atoms with Gasteiger partial charge in [-0.2, -0.15) is 0 Å². The maximum Gasteiger partial charge on any atom is 0.258 e. The van der Waals surface area contributed by atoms with Gasteiger partial charge < -0.3 is 9.64 Å². The van der Waals surface area contributed by atoms with Crippen LogP contribution in [0.5, 0.6) is 0 Å². The van der Waals surface area contributed by atoms with Crippen LogP contribution >= 0.6 is 0 Å². The van der Waals surface area contributed by atoms with Crippen LogP contribution in [0.25, 0.3) is 0 Å². The fraction of sp³-hybridized carbons (Fsp3) is 0.316. The van der Waals surface area contributed by atoms with E-state index in [1.54, 1.807) is 7.11 Å². The van der Waals surface area contributed by atoms with Gasteiger partial charge in [0.05, 0.1) is 13.2 Å². The molecule has 0 aromatic heterocycles. The topological polar surface area (TPSA) is 29.5 Å². The van der Waals surface area contributed by atoms with Crippen molar-refractivity contribution in [1.29, 1.82) is 0 Å². The second-order valence-corrected chi connectivity index (χ2v) is 6.06. The molecule has 0 N–H and O–H groups in total. The van der Waals surface area contributed by atoms with Crippen LogP contribution in [0.1, 0.15) is 46.8 Å². The first-order valence-electron chi connectivity index (χ1n) is 7.62. The quantitative estimate of drug-likeness (QED) is 0.849. The summed E-state index contributed by atoms with van der Waals surface area (Å²) >= 11 is 0. The Morgan fingerprint density at radius 2 is 1.86 bits per heavy atom. The van der Waals surface area contributed by atoms with E-state index in [1.807, 2.05) is 35.2 Å². The minimum absolute atomic E-state index is 0.0743. The van der Waals surface area contributed by atoms with Gasteiger partial charge in [0.15, 0.2) is 0 Å². The molecule has 0 aliphatic carbocycles. The van der Waals surface area contributed by atoms with Gasteiger partial charge in [0.1, 0.15) is 0 Å². The third kappa shape index (κ3) is 2.64. The Morgan fingerprint density at radius 1 is 1.14 bits per heavy atom. The molecule has 0 bridgehead atoms. The minimum atomic E-state index is 0.0743. The summed E-state index contributed by atoms with van der Waals surface area (Å²) in [7, 11) is 1.66. The number of carbonyl (C=O) groups excluding carboxylic acids is 1. The summed E-state index contributed by atoms with van der Waals surface area (Å²) in [4.78, 5) is 14.5. The molecule has 0 unspecified atom stereocenters. The predicted molar refractivity (Wildman–Crippen MR) is 88.2 cm³/mol. The molecule has 22 heavy (non-hydrogen) atoms. The molecule has 1 aliphatic heterocycles. The Kier molecular flexibility index (Phi) is 3.99. The predicted octanol–water partition coefficient (Wildman–Crippen LogP) is 4.12. The van der Waals surface area contributed by atoms with Gasteiger partial charge in [-0.05, 0) is 40.8 Å². The second kappa shape index (κ2) is 5.93. The van der Waals surface area contributed by atoms with Crippen molar-refractivity contribution in [3.05, 3.63) is 64.7 Å². The zero-order valence-corrected chi connectivity index (χ0v) is 13.3. The molecule has 0 saturated carbocycles. The first-order valence-corrected chi connectivity index (χ1v) is 7.62. The van der Waals surface area contributed by atoms with E-state index < -0.39 is 0 Å².